The van der Waals surface area contributed by atoms with Crippen molar-refractivity contribution in [3.05, 3.63) is 0 Å². The van der Waals surface area contributed by atoms with Crippen molar-refractivity contribution in [1.82, 2.24) is 0 Å². The van der Waals surface area contributed by atoms with E-state index in [4.69, 9.17) is 0 Å². The molecule has 0 aromatic heterocycles. The molecule has 0 aliphatic heterocycles. The summed E-state index contributed by atoms with van der Waals surface area (Å²) in [6.07, 6.45) is 17.1. The molecule has 130 valence electrons. The third-order valence-electron chi connectivity index (χ3n) is 4.26. The summed E-state index contributed by atoms with van der Waals surface area (Å²) < 4.78 is 1.21. The average molecular weight is 476 g/mol. The molecule has 0 spiro atoms. The normalized spacial score (nSPS) is 11.4. The molecule has 0 rings (SSSR count). The minimum atomic E-state index is 0. The van der Waals surface area contributed by atoms with E-state index in [-0.39, 0.29) is 24.0 Å². The number of unbranched alkanes of at least 4 members (excludes halogenated alkanes) is 10. The van der Waals surface area contributed by atoms with Crippen LogP contribution in [0.15, 0.2) is 0 Å². The lowest BCUT2D eigenvalue weighted by atomic mass is 10.1. The van der Waals surface area contributed by atoms with Gasteiger partial charge in [-0.2, -0.15) is 0 Å². The molecule has 0 fully saturated rings. The van der Waals surface area contributed by atoms with Gasteiger partial charge in [0.05, 0.1) is 27.2 Å². The molecule has 0 aliphatic carbocycles. The fourth-order valence-corrected chi connectivity index (χ4v) is 3.17. The number of alkyl halides is 1. The van der Waals surface area contributed by atoms with Crippen molar-refractivity contribution in [3.8, 4) is 0 Å². The first-order valence-electron chi connectivity index (χ1n) is 9.00. The van der Waals surface area contributed by atoms with E-state index < -0.39 is 0 Å². The summed E-state index contributed by atoms with van der Waals surface area (Å²) in [6.45, 7) is 4.99. The molecule has 0 radical (unpaired) electrons. The Hall–Kier alpha value is 1.17. The fraction of sp³-hybridized carbons (Fsp3) is 1.00. The molecule has 0 aromatic carbocycles. The molecule has 1 nitrogen and oxygen atoms in total. The Labute approximate surface area is 160 Å². The second-order valence-corrected chi connectivity index (χ2v) is 7.75. The van der Waals surface area contributed by atoms with Crippen LogP contribution in [0.1, 0.15) is 84.0 Å². The lowest BCUT2D eigenvalue weighted by Gasteiger charge is -2.29. The van der Waals surface area contributed by atoms with Crippen molar-refractivity contribution in [2.75, 3.05) is 32.5 Å². The van der Waals surface area contributed by atoms with E-state index in [0.29, 0.717) is 0 Å². The second kappa shape index (κ2) is 17.5. The summed E-state index contributed by atoms with van der Waals surface area (Å²) in [5.41, 5.74) is 0. The maximum absolute atomic E-state index is 3.52. The van der Waals surface area contributed by atoms with Gasteiger partial charge in [-0.3, -0.25) is 0 Å². The van der Waals surface area contributed by atoms with Crippen LogP contribution in [0.2, 0.25) is 0 Å². The van der Waals surface area contributed by atoms with E-state index in [1.165, 1.54) is 94.6 Å². The monoisotopic (exact) mass is 475 g/mol. The van der Waals surface area contributed by atoms with Crippen LogP contribution >= 0.6 is 15.9 Å². The predicted octanol–water partition coefficient (Wildman–Crippen LogP) is 3.16. The van der Waals surface area contributed by atoms with Crippen LogP contribution in [-0.4, -0.2) is 37.0 Å². The highest BCUT2D eigenvalue weighted by molar-refractivity contribution is 9.09. The zero-order valence-corrected chi connectivity index (χ0v) is 18.6. The first kappa shape index (κ1) is 24.4. The van der Waals surface area contributed by atoms with Crippen LogP contribution in [0, 0.1) is 0 Å². The SMILES string of the molecule is CCCCCCCCCCCC[N+](C)(C)CCCCBr.[I-]. The first-order chi connectivity index (χ1) is 9.62. The quantitative estimate of drug-likeness (QED) is 0.148. The first-order valence-corrected chi connectivity index (χ1v) is 10.1. The molecule has 0 amide bonds. The van der Waals surface area contributed by atoms with E-state index in [1.807, 2.05) is 0 Å². The lowest BCUT2D eigenvalue weighted by molar-refractivity contribution is -0.890. The third-order valence-corrected chi connectivity index (χ3v) is 4.82. The summed E-state index contributed by atoms with van der Waals surface area (Å²) in [6, 6.07) is 0. The summed E-state index contributed by atoms with van der Waals surface area (Å²) in [7, 11) is 4.78. The number of nitrogens with zero attached hydrogens (tertiary/aromatic N) is 1. The van der Waals surface area contributed by atoms with Gasteiger partial charge in [0.25, 0.3) is 0 Å². The van der Waals surface area contributed by atoms with Crippen molar-refractivity contribution in [2.24, 2.45) is 0 Å². The molecule has 0 saturated heterocycles. The summed E-state index contributed by atoms with van der Waals surface area (Å²) in [4.78, 5) is 0. The van der Waals surface area contributed by atoms with Gasteiger partial charge in [-0.15, -0.1) is 0 Å². The van der Waals surface area contributed by atoms with Crippen molar-refractivity contribution in [3.63, 3.8) is 0 Å². The van der Waals surface area contributed by atoms with Gasteiger partial charge in [-0.05, 0) is 25.7 Å². The molecule has 0 heterocycles. The van der Waals surface area contributed by atoms with Crippen molar-refractivity contribution in [2.45, 2.75) is 84.0 Å². The van der Waals surface area contributed by atoms with Crippen LogP contribution in [0.5, 0.6) is 0 Å². The number of hydrogen-bond acceptors (Lipinski definition) is 0. The molecule has 3 heteroatoms. The molecule has 0 unspecified atom stereocenters. The Bertz CT molecular complexity index is 198. The van der Waals surface area contributed by atoms with Gasteiger partial charge in [0, 0.05) is 5.33 Å². The Balaban J connectivity index is 0. The molecule has 21 heavy (non-hydrogen) atoms. The van der Waals surface area contributed by atoms with Crippen LogP contribution < -0.4 is 24.0 Å². The van der Waals surface area contributed by atoms with Crippen molar-refractivity contribution >= 4 is 15.9 Å². The minimum absolute atomic E-state index is 0. The predicted molar refractivity (Wildman–Crippen MR) is 96.7 cm³/mol. The highest BCUT2D eigenvalue weighted by Gasteiger charge is 2.13. The highest BCUT2D eigenvalue weighted by atomic mass is 127. The molecule has 0 bridgehead atoms. The standard InChI is InChI=1S/C18H39BrN.HI/c1-4-5-6-7-8-9-10-11-12-14-17-20(2,3)18-15-13-16-19;/h4-18H2,1-3H3;1H/q+1;/p-1. The molecule has 0 atom stereocenters. The highest BCUT2D eigenvalue weighted by Crippen LogP contribution is 2.12. The minimum Gasteiger partial charge on any atom is -1.00 e. The number of rotatable bonds is 15. The smallest absolute Gasteiger partial charge is 0.0782 e. The van der Waals surface area contributed by atoms with Gasteiger partial charge in [0.1, 0.15) is 0 Å². The largest absolute Gasteiger partial charge is 1.00 e. The van der Waals surface area contributed by atoms with Gasteiger partial charge < -0.3 is 28.5 Å². The average Bonchev–Trinajstić information content (AvgIpc) is 2.41. The van der Waals surface area contributed by atoms with E-state index in [1.54, 1.807) is 0 Å². The van der Waals surface area contributed by atoms with E-state index in [2.05, 4.69) is 36.9 Å². The fourth-order valence-electron chi connectivity index (χ4n) is 2.77. The molecule has 0 saturated carbocycles. The maximum atomic E-state index is 3.52. The van der Waals surface area contributed by atoms with Gasteiger partial charge in [-0.1, -0.05) is 74.2 Å². The zero-order chi connectivity index (χ0) is 15.1. The molecular formula is C18H39BrIN. The topological polar surface area (TPSA) is 0 Å². The van der Waals surface area contributed by atoms with Gasteiger partial charge in [0.15, 0.2) is 0 Å². The van der Waals surface area contributed by atoms with Gasteiger partial charge in [-0.25, -0.2) is 0 Å². The Kier molecular flexibility index (Phi) is 20.4. The van der Waals surface area contributed by atoms with E-state index >= 15 is 0 Å². The number of hydrogen-bond donors (Lipinski definition) is 0. The van der Waals surface area contributed by atoms with Crippen molar-refractivity contribution in [1.29, 1.82) is 0 Å². The number of quaternary nitrogens is 1. The molecule has 0 aliphatic rings. The Morgan fingerprint density at radius 1 is 0.619 bits per heavy atom. The van der Waals surface area contributed by atoms with Gasteiger partial charge >= 0.3 is 0 Å². The Morgan fingerprint density at radius 2 is 1.00 bits per heavy atom. The summed E-state index contributed by atoms with van der Waals surface area (Å²) in [5.74, 6) is 0. The van der Waals surface area contributed by atoms with E-state index in [9.17, 15) is 0 Å². The molecule has 0 N–H and O–H groups in total. The second-order valence-electron chi connectivity index (χ2n) is 6.96. The van der Waals surface area contributed by atoms with Crippen LogP contribution in [0.3, 0.4) is 0 Å². The van der Waals surface area contributed by atoms with Crippen LogP contribution in [0.4, 0.5) is 0 Å². The Morgan fingerprint density at radius 3 is 1.43 bits per heavy atom. The number of halogens is 2. The van der Waals surface area contributed by atoms with Crippen LogP contribution in [-0.2, 0) is 0 Å². The lowest BCUT2D eigenvalue weighted by Crippen LogP contribution is -3.00. The summed E-state index contributed by atoms with van der Waals surface area (Å²) in [5, 5.41) is 1.16. The van der Waals surface area contributed by atoms with E-state index in [0.717, 1.165) is 5.33 Å². The molecular weight excluding hydrogens is 437 g/mol. The molecule has 0 aromatic rings. The van der Waals surface area contributed by atoms with Crippen molar-refractivity contribution < 1.29 is 28.5 Å². The zero-order valence-electron chi connectivity index (χ0n) is 14.8. The summed E-state index contributed by atoms with van der Waals surface area (Å²) >= 11 is 3.52. The van der Waals surface area contributed by atoms with Gasteiger partial charge in [0.2, 0.25) is 0 Å². The third kappa shape index (κ3) is 19.1. The van der Waals surface area contributed by atoms with Crippen LogP contribution in [0.25, 0.3) is 0 Å². The maximum Gasteiger partial charge on any atom is 0.0782 e.